The summed E-state index contributed by atoms with van der Waals surface area (Å²) in [5.41, 5.74) is 2.64. The Morgan fingerprint density at radius 3 is 2.56 bits per heavy atom. The highest BCUT2D eigenvalue weighted by Crippen LogP contribution is 2.29. The van der Waals surface area contributed by atoms with Gasteiger partial charge in [0.1, 0.15) is 5.75 Å². The second kappa shape index (κ2) is 8.30. The Bertz CT molecular complexity index is 797. The number of carbonyl (C=O) groups excluding carboxylic acids is 1. The molecule has 1 aliphatic heterocycles. The molecule has 1 heterocycles. The van der Waals surface area contributed by atoms with Crippen LogP contribution in [0.5, 0.6) is 5.75 Å². The number of hydrogen-bond donors (Lipinski definition) is 1. The number of amides is 1. The summed E-state index contributed by atoms with van der Waals surface area (Å²) in [6.07, 6.45) is 0.198. The van der Waals surface area contributed by atoms with Gasteiger partial charge in [-0.1, -0.05) is 29.8 Å². The Balaban J connectivity index is 1.67. The fourth-order valence-electron chi connectivity index (χ4n) is 2.91. The maximum Gasteiger partial charge on any atom is 0.417 e. The summed E-state index contributed by atoms with van der Waals surface area (Å²) in [4.78, 5) is 12.1. The van der Waals surface area contributed by atoms with Crippen molar-refractivity contribution in [2.45, 2.75) is 33.0 Å². The smallest absolute Gasteiger partial charge is 0.410 e. The van der Waals surface area contributed by atoms with Crippen LogP contribution in [0, 0.1) is 12.8 Å². The molecule has 2 aromatic carbocycles. The van der Waals surface area contributed by atoms with E-state index < -0.39 is 11.9 Å². The molecular formula is C21H24ClNO4. The molecule has 27 heavy (non-hydrogen) atoms. The van der Waals surface area contributed by atoms with Gasteiger partial charge in [0.25, 0.3) is 0 Å². The SMILES string of the molecule is Cc1c(Cl)cc(NC(=O)Oc2ccccc2)cc1CC1COC(C)(C)OC1. The molecule has 144 valence electrons. The molecule has 1 aliphatic rings. The van der Waals surface area contributed by atoms with Crippen molar-refractivity contribution in [1.82, 2.24) is 0 Å². The number of para-hydroxylation sites is 1. The molecule has 0 spiro atoms. The Kier molecular flexibility index (Phi) is 6.05. The third kappa shape index (κ3) is 5.45. The van der Waals surface area contributed by atoms with E-state index in [0.717, 1.165) is 17.5 Å². The number of halogens is 1. The van der Waals surface area contributed by atoms with Gasteiger partial charge in [-0.05, 0) is 62.6 Å². The molecule has 1 N–H and O–H groups in total. The molecule has 1 amide bonds. The normalized spacial score (nSPS) is 16.7. The molecule has 2 aromatic rings. The Morgan fingerprint density at radius 2 is 1.89 bits per heavy atom. The fourth-order valence-corrected chi connectivity index (χ4v) is 3.15. The lowest BCUT2D eigenvalue weighted by Crippen LogP contribution is -2.40. The molecule has 0 aliphatic carbocycles. The maximum absolute atomic E-state index is 12.1. The number of rotatable bonds is 4. The lowest BCUT2D eigenvalue weighted by molar-refractivity contribution is -0.261. The molecule has 1 fully saturated rings. The van der Waals surface area contributed by atoms with Crippen molar-refractivity contribution in [2.24, 2.45) is 5.92 Å². The average molecular weight is 390 g/mol. The topological polar surface area (TPSA) is 56.8 Å². The Morgan fingerprint density at radius 1 is 1.22 bits per heavy atom. The van der Waals surface area contributed by atoms with Crippen LogP contribution in [0.1, 0.15) is 25.0 Å². The minimum Gasteiger partial charge on any atom is -0.410 e. The van der Waals surface area contributed by atoms with Crippen molar-refractivity contribution in [3.63, 3.8) is 0 Å². The van der Waals surface area contributed by atoms with Gasteiger partial charge in [-0.2, -0.15) is 0 Å². The largest absolute Gasteiger partial charge is 0.417 e. The van der Waals surface area contributed by atoms with Crippen LogP contribution in [-0.4, -0.2) is 25.1 Å². The molecule has 0 bridgehead atoms. The van der Waals surface area contributed by atoms with Gasteiger partial charge in [-0.15, -0.1) is 0 Å². The molecule has 6 heteroatoms. The second-order valence-electron chi connectivity index (χ2n) is 7.16. The van der Waals surface area contributed by atoms with Crippen LogP contribution >= 0.6 is 11.6 Å². The van der Waals surface area contributed by atoms with Crippen molar-refractivity contribution in [1.29, 1.82) is 0 Å². The first-order valence-electron chi connectivity index (χ1n) is 8.93. The maximum atomic E-state index is 12.1. The predicted octanol–water partition coefficient (Wildman–Crippen LogP) is 5.20. The van der Waals surface area contributed by atoms with Gasteiger partial charge in [-0.3, -0.25) is 5.32 Å². The summed E-state index contributed by atoms with van der Waals surface area (Å²) in [7, 11) is 0. The molecule has 0 unspecified atom stereocenters. The van der Waals surface area contributed by atoms with Gasteiger partial charge in [0.15, 0.2) is 5.79 Å². The zero-order chi connectivity index (χ0) is 19.4. The lowest BCUT2D eigenvalue weighted by atomic mass is 9.96. The fraction of sp³-hybridized carbons (Fsp3) is 0.381. The van der Waals surface area contributed by atoms with Gasteiger partial charge < -0.3 is 14.2 Å². The monoisotopic (exact) mass is 389 g/mol. The van der Waals surface area contributed by atoms with Crippen LogP contribution in [0.3, 0.4) is 0 Å². The van der Waals surface area contributed by atoms with Gasteiger partial charge in [-0.25, -0.2) is 4.79 Å². The van der Waals surface area contributed by atoms with Crippen molar-refractivity contribution in [2.75, 3.05) is 18.5 Å². The van der Waals surface area contributed by atoms with Crippen LogP contribution in [-0.2, 0) is 15.9 Å². The Labute approximate surface area is 164 Å². The first-order valence-corrected chi connectivity index (χ1v) is 9.31. The number of ether oxygens (including phenoxy) is 3. The van der Waals surface area contributed by atoms with E-state index in [1.54, 1.807) is 30.3 Å². The highest BCUT2D eigenvalue weighted by molar-refractivity contribution is 6.31. The predicted molar refractivity (Wildman–Crippen MR) is 105 cm³/mol. The first-order chi connectivity index (χ1) is 12.8. The van der Waals surface area contributed by atoms with Crippen LogP contribution in [0.2, 0.25) is 5.02 Å². The number of anilines is 1. The molecule has 0 aromatic heterocycles. The molecule has 1 saturated heterocycles. The summed E-state index contributed by atoms with van der Waals surface area (Å²) in [5.74, 6) is 0.181. The van der Waals surface area contributed by atoms with E-state index in [4.69, 9.17) is 25.8 Å². The van der Waals surface area contributed by atoms with Crippen LogP contribution in [0.15, 0.2) is 42.5 Å². The van der Waals surface area contributed by atoms with Crippen molar-refractivity contribution < 1.29 is 19.0 Å². The number of carbonyl (C=O) groups is 1. The van der Waals surface area contributed by atoms with Gasteiger partial charge >= 0.3 is 6.09 Å². The summed E-state index contributed by atoms with van der Waals surface area (Å²) in [6, 6.07) is 12.6. The third-order valence-corrected chi connectivity index (χ3v) is 4.89. The van der Waals surface area contributed by atoms with E-state index >= 15 is 0 Å². The number of nitrogens with one attached hydrogen (secondary N) is 1. The highest BCUT2D eigenvalue weighted by atomic mass is 35.5. The van der Waals surface area contributed by atoms with Crippen LogP contribution in [0.4, 0.5) is 10.5 Å². The Hall–Kier alpha value is -2.08. The standard InChI is InChI=1S/C21H24ClNO4/c1-14-16(9-15-12-25-21(2,3)26-13-15)10-17(11-19(14)22)23-20(24)27-18-7-5-4-6-8-18/h4-8,10-11,15H,9,12-13H2,1-3H3,(H,23,24). The third-order valence-electron chi connectivity index (χ3n) is 4.49. The van der Waals surface area contributed by atoms with E-state index in [0.29, 0.717) is 29.7 Å². The molecular weight excluding hydrogens is 366 g/mol. The number of benzene rings is 2. The van der Waals surface area contributed by atoms with Gasteiger partial charge in [0, 0.05) is 16.6 Å². The minimum absolute atomic E-state index is 0.235. The van der Waals surface area contributed by atoms with Gasteiger partial charge in [0.05, 0.1) is 13.2 Å². The molecule has 0 radical (unpaired) electrons. The number of hydrogen-bond acceptors (Lipinski definition) is 4. The molecule has 0 saturated carbocycles. The molecule has 3 rings (SSSR count). The van der Waals surface area contributed by atoms with Crippen molar-refractivity contribution >= 4 is 23.4 Å². The quantitative estimate of drug-likeness (QED) is 0.780. The average Bonchev–Trinajstić information content (AvgIpc) is 2.61. The van der Waals surface area contributed by atoms with E-state index in [-0.39, 0.29) is 5.92 Å². The highest BCUT2D eigenvalue weighted by Gasteiger charge is 2.28. The first kappa shape index (κ1) is 19.7. The van der Waals surface area contributed by atoms with E-state index in [2.05, 4.69) is 5.32 Å². The lowest BCUT2D eigenvalue weighted by Gasteiger charge is -2.35. The summed E-state index contributed by atoms with van der Waals surface area (Å²) >= 11 is 6.37. The second-order valence-corrected chi connectivity index (χ2v) is 7.57. The van der Waals surface area contributed by atoms with Crippen LogP contribution < -0.4 is 10.1 Å². The van der Waals surface area contributed by atoms with E-state index in [9.17, 15) is 4.79 Å². The van der Waals surface area contributed by atoms with E-state index in [1.165, 1.54) is 0 Å². The zero-order valence-electron chi connectivity index (χ0n) is 15.8. The van der Waals surface area contributed by atoms with Crippen LogP contribution in [0.25, 0.3) is 0 Å². The van der Waals surface area contributed by atoms with Crippen molar-refractivity contribution in [3.05, 3.63) is 58.6 Å². The molecule has 0 atom stereocenters. The molecule has 5 nitrogen and oxygen atoms in total. The van der Waals surface area contributed by atoms with Gasteiger partial charge in [0.2, 0.25) is 0 Å². The van der Waals surface area contributed by atoms with Crippen molar-refractivity contribution in [3.8, 4) is 5.75 Å². The van der Waals surface area contributed by atoms with E-state index in [1.807, 2.05) is 32.9 Å². The summed E-state index contributed by atoms with van der Waals surface area (Å²) < 4.78 is 16.7. The summed E-state index contributed by atoms with van der Waals surface area (Å²) in [6.45, 7) is 7.04. The minimum atomic E-state index is -0.557. The summed E-state index contributed by atoms with van der Waals surface area (Å²) in [5, 5.41) is 3.34. The zero-order valence-corrected chi connectivity index (χ0v) is 16.5.